The van der Waals surface area contributed by atoms with Gasteiger partial charge in [-0.1, -0.05) is 25.1 Å². The topological polar surface area (TPSA) is 166 Å². The zero-order chi connectivity index (χ0) is 23.3. The Morgan fingerprint density at radius 2 is 1.97 bits per heavy atom. The number of nitrogens with two attached hydrogens (primary N) is 2. The predicted molar refractivity (Wildman–Crippen MR) is 121 cm³/mol. The molecule has 32 heavy (non-hydrogen) atoms. The number of aromatic nitrogens is 2. The van der Waals surface area contributed by atoms with Crippen molar-refractivity contribution in [3.05, 3.63) is 52.8 Å². The van der Waals surface area contributed by atoms with Gasteiger partial charge in [-0.25, -0.2) is 15.6 Å². The maximum Gasteiger partial charge on any atom is 0.344 e. The van der Waals surface area contributed by atoms with E-state index in [9.17, 15) is 14.7 Å². The first-order valence-corrected chi connectivity index (χ1v) is 10.0. The summed E-state index contributed by atoms with van der Waals surface area (Å²) in [6.07, 6.45) is -0.583. The van der Waals surface area contributed by atoms with Crippen LogP contribution in [-0.4, -0.2) is 33.8 Å². The third-order valence-electron chi connectivity index (χ3n) is 4.72. The van der Waals surface area contributed by atoms with E-state index in [1.165, 1.54) is 0 Å². The van der Waals surface area contributed by atoms with Gasteiger partial charge in [0.2, 0.25) is 0 Å². The maximum atomic E-state index is 12.1. The second-order valence-corrected chi connectivity index (χ2v) is 6.85. The molecular weight excluding hydrogens is 414 g/mol. The molecule has 1 heterocycles. The third kappa shape index (κ3) is 4.81. The van der Waals surface area contributed by atoms with Crippen molar-refractivity contribution in [2.75, 3.05) is 17.8 Å². The summed E-state index contributed by atoms with van der Waals surface area (Å²) in [5, 5.41) is 9.24. The Bertz CT molecular complexity index is 1180. The lowest BCUT2D eigenvalue weighted by Gasteiger charge is -2.15. The number of carboxylic acids is 1. The van der Waals surface area contributed by atoms with E-state index in [0.29, 0.717) is 30.1 Å². The molecule has 0 aliphatic heterocycles. The Kier molecular flexibility index (Phi) is 6.96. The second kappa shape index (κ2) is 9.84. The summed E-state index contributed by atoms with van der Waals surface area (Å²) in [6, 6.07) is 12.5. The van der Waals surface area contributed by atoms with Gasteiger partial charge < -0.3 is 30.7 Å². The van der Waals surface area contributed by atoms with E-state index in [2.05, 4.69) is 15.4 Å². The highest BCUT2D eigenvalue weighted by atomic mass is 16.5. The lowest BCUT2D eigenvalue weighted by atomic mass is 10.0. The van der Waals surface area contributed by atoms with Crippen molar-refractivity contribution in [3.63, 3.8) is 0 Å². The third-order valence-corrected chi connectivity index (χ3v) is 4.72. The van der Waals surface area contributed by atoms with Crippen LogP contribution in [0.2, 0.25) is 0 Å². The van der Waals surface area contributed by atoms with Gasteiger partial charge in [-0.2, -0.15) is 0 Å². The molecule has 0 aliphatic rings. The highest BCUT2D eigenvalue weighted by Crippen LogP contribution is 2.34. The number of carboxylic acid groups (broad SMARTS) is 1. The molecule has 0 spiro atoms. The summed E-state index contributed by atoms with van der Waals surface area (Å²) < 4.78 is 11.4. The molecule has 3 aromatic rings. The molecule has 0 radical (unpaired) electrons. The fourth-order valence-corrected chi connectivity index (χ4v) is 3.11. The lowest BCUT2D eigenvalue weighted by molar-refractivity contribution is -0.145. The van der Waals surface area contributed by atoms with Crippen LogP contribution in [0.1, 0.15) is 20.3 Å². The summed E-state index contributed by atoms with van der Waals surface area (Å²) >= 11 is 0. The highest BCUT2D eigenvalue weighted by Gasteiger charge is 2.18. The Morgan fingerprint density at radius 1 is 1.22 bits per heavy atom. The lowest BCUT2D eigenvalue weighted by Crippen LogP contribution is -2.25. The van der Waals surface area contributed by atoms with Gasteiger partial charge in [-0.3, -0.25) is 4.79 Å². The Morgan fingerprint density at radius 3 is 2.62 bits per heavy atom. The van der Waals surface area contributed by atoms with Gasteiger partial charge in [-0.15, -0.1) is 0 Å². The molecule has 7 N–H and O–H groups in total. The van der Waals surface area contributed by atoms with Crippen LogP contribution in [0.5, 0.6) is 11.5 Å². The molecule has 0 bridgehead atoms. The second-order valence-electron chi connectivity index (χ2n) is 6.85. The van der Waals surface area contributed by atoms with E-state index in [1.54, 1.807) is 37.3 Å². The van der Waals surface area contributed by atoms with E-state index in [0.717, 1.165) is 11.1 Å². The van der Waals surface area contributed by atoms with Crippen LogP contribution in [0.3, 0.4) is 0 Å². The molecule has 1 atom stereocenters. The number of ether oxygens (including phenoxy) is 2. The number of hydrazine groups is 1. The van der Waals surface area contributed by atoms with Crippen LogP contribution >= 0.6 is 0 Å². The van der Waals surface area contributed by atoms with E-state index in [4.69, 9.17) is 21.1 Å². The average Bonchev–Trinajstić information content (AvgIpc) is 2.79. The molecule has 168 valence electrons. The molecule has 10 nitrogen and oxygen atoms in total. The molecule has 0 saturated carbocycles. The first-order valence-electron chi connectivity index (χ1n) is 10.0. The van der Waals surface area contributed by atoms with Crippen molar-refractivity contribution < 1.29 is 19.4 Å². The fourth-order valence-electron chi connectivity index (χ4n) is 3.11. The summed E-state index contributed by atoms with van der Waals surface area (Å²) in [5.74, 6) is 5.64. The summed E-state index contributed by atoms with van der Waals surface area (Å²) in [5.41, 5.74) is 9.52. The number of carbonyl (C=O) groups is 1. The Balaban J connectivity index is 2.02. The number of H-pyrrole nitrogens is 1. The van der Waals surface area contributed by atoms with Crippen molar-refractivity contribution in [3.8, 4) is 34.0 Å². The molecule has 0 saturated heterocycles. The van der Waals surface area contributed by atoms with Crippen LogP contribution in [-0.2, 0) is 4.79 Å². The number of hydrogen-bond donors (Lipinski definition) is 5. The molecule has 1 unspecified atom stereocenters. The summed E-state index contributed by atoms with van der Waals surface area (Å²) in [4.78, 5) is 30.3. The largest absolute Gasteiger partial charge is 0.493 e. The normalized spacial score (nSPS) is 11.6. The molecule has 0 amide bonds. The number of aromatic amines is 1. The van der Waals surface area contributed by atoms with E-state index in [-0.39, 0.29) is 17.3 Å². The minimum absolute atomic E-state index is 0.0593. The SMILES string of the molecule is CCOc1cc(-c2cccc(OC(CC)C(=O)O)c2)ccc1-c1nc(NN)c(N)c(=O)[nH]1. The van der Waals surface area contributed by atoms with E-state index >= 15 is 0 Å². The quantitative estimate of drug-likeness (QED) is 0.249. The van der Waals surface area contributed by atoms with Crippen molar-refractivity contribution >= 4 is 17.5 Å². The fraction of sp³-hybridized carbons (Fsp3) is 0.227. The van der Waals surface area contributed by atoms with E-state index in [1.807, 2.05) is 19.1 Å². The number of rotatable bonds is 9. The zero-order valence-electron chi connectivity index (χ0n) is 17.7. The van der Waals surface area contributed by atoms with Crippen molar-refractivity contribution in [2.45, 2.75) is 26.4 Å². The van der Waals surface area contributed by atoms with Gasteiger partial charge in [0, 0.05) is 0 Å². The number of nitrogens with one attached hydrogen (secondary N) is 2. The number of anilines is 2. The van der Waals surface area contributed by atoms with Crippen LogP contribution < -0.4 is 32.0 Å². The van der Waals surface area contributed by atoms with Gasteiger partial charge in [-0.05, 0) is 48.7 Å². The monoisotopic (exact) mass is 439 g/mol. The van der Waals surface area contributed by atoms with E-state index < -0.39 is 17.6 Å². The van der Waals surface area contributed by atoms with Crippen LogP contribution in [0, 0.1) is 0 Å². The van der Waals surface area contributed by atoms with Gasteiger partial charge in [0.05, 0.1) is 12.2 Å². The minimum Gasteiger partial charge on any atom is -0.493 e. The summed E-state index contributed by atoms with van der Waals surface area (Å²) in [7, 11) is 0. The molecular formula is C22H25N5O5. The minimum atomic E-state index is -1.02. The number of hydrogen-bond acceptors (Lipinski definition) is 8. The number of benzene rings is 2. The van der Waals surface area contributed by atoms with Gasteiger partial charge >= 0.3 is 5.97 Å². The van der Waals surface area contributed by atoms with Gasteiger partial charge in [0.1, 0.15) is 23.0 Å². The van der Waals surface area contributed by atoms with Crippen molar-refractivity contribution in [1.82, 2.24) is 9.97 Å². The highest BCUT2D eigenvalue weighted by molar-refractivity contribution is 5.76. The van der Waals surface area contributed by atoms with Crippen LogP contribution in [0.25, 0.3) is 22.5 Å². The Hall–Kier alpha value is -4.05. The Labute approximate surface area is 184 Å². The van der Waals surface area contributed by atoms with Crippen LogP contribution in [0.15, 0.2) is 47.3 Å². The summed E-state index contributed by atoms with van der Waals surface area (Å²) in [6.45, 7) is 3.97. The average molecular weight is 439 g/mol. The maximum absolute atomic E-state index is 12.1. The molecule has 1 aromatic heterocycles. The molecule has 10 heteroatoms. The number of aliphatic carboxylic acids is 1. The smallest absolute Gasteiger partial charge is 0.344 e. The van der Waals surface area contributed by atoms with Gasteiger partial charge in [0.25, 0.3) is 5.56 Å². The van der Waals surface area contributed by atoms with Crippen molar-refractivity contribution in [2.24, 2.45) is 5.84 Å². The molecule has 2 aromatic carbocycles. The molecule has 3 rings (SSSR count). The molecule has 0 fully saturated rings. The first kappa shape index (κ1) is 22.6. The van der Waals surface area contributed by atoms with Crippen LogP contribution in [0.4, 0.5) is 11.5 Å². The standard InChI is InChI=1S/C22H25N5O5/c1-3-16(22(29)30)32-14-7-5-6-12(10-14)13-8-9-15(17(11-13)31-4-2)19-25-20(27-24)18(23)21(28)26-19/h5-11,16H,3-4,23-24H2,1-2H3,(H,29,30)(H2,25,26,27,28). The number of nitrogens with zero attached hydrogens (tertiary/aromatic N) is 1. The molecule has 0 aliphatic carbocycles. The first-order chi connectivity index (χ1) is 15.4. The zero-order valence-corrected chi connectivity index (χ0v) is 17.7. The number of nitrogen functional groups attached to an aromatic ring is 2. The predicted octanol–water partition coefficient (Wildman–Crippen LogP) is 2.61. The van der Waals surface area contributed by atoms with Gasteiger partial charge in [0.15, 0.2) is 11.9 Å². The van der Waals surface area contributed by atoms with Crippen molar-refractivity contribution in [1.29, 1.82) is 0 Å².